The molecule has 0 saturated carbocycles. The first-order chi connectivity index (χ1) is 11.0. The second-order valence-corrected chi connectivity index (χ2v) is 4.67. The molecule has 0 aliphatic carbocycles. The second kappa shape index (κ2) is 5.67. The van der Waals surface area contributed by atoms with Crippen LogP contribution in [0.25, 0.3) is 11.2 Å². The number of alkyl halides is 3. The molecule has 1 aromatic carbocycles. The second-order valence-electron chi connectivity index (χ2n) is 4.67. The Morgan fingerprint density at radius 3 is 2.57 bits per heavy atom. The highest BCUT2D eigenvalue weighted by Crippen LogP contribution is 2.27. The van der Waals surface area contributed by atoms with Gasteiger partial charge in [0.1, 0.15) is 11.8 Å². The van der Waals surface area contributed by atoms with E-state index < -0.39 is 12.1 Å². The van der Waals surface area contributed by atoms with E-state index in [9.17, 15) is 18.0 Å². The lowest BCUT2D eigenvalue weighted by molar-refractivity contribution is -0.170. The van der Waals surface area contributed by atoms with Gasteiger partial charge in [-0.2, -0.15) is 13.2 Å². The molecule has 3 aromatic rings. The van der Waals surface area contributed by atoms with Crippen LogP contribution in [0.1, 0.15) is 5.56 Å². The normalized spacial score (nSPS) is 11.6. The SMILES string of the molecule is O=C(N(Cc1ccccc1)c1ncnc2nc[nH]c12)C(F)(F)F. The van der Waals surface area contributed by atoms with Crippen LogP contribution < -0.4 is 4.90 Å². The lowest BCUT2D eigenvalue weighted by Gasteiger charge is -2.23. The Morgan fingerprint density at radius 1 is 1.13 bits per heavy atom. The minimum Gasteiger partial charge on any atom is -0.340 e. The zero-order valence-corrected chi connectivity index (χ0v) is 11.6. The van der Waals surface area contributed by atoms with Crippen LogP contribution in [0.2, 0.25) is 0 Å². The quantitative estimate of drug-likeness (QED) is 0.804. The van der Waals surface area contributed by atoms with Gasteiger partial charge < -0.3 is 4.98 Å². The number of hydrogen-bond acceptors (Lipinski definition) is 4. The average molecular weight is 321 g/mol. The molecule has 0 unspecified atom stereocenters. The number of carbonyl (C=O) groups is 1. The first kappa shape index (κ1) is 14.9. The van der Waals surface area contributed by atoms with E-state index in [0.717, 1.165) is 6.33 Å². The number of fused-ring (bicyclic) bond motifs is 1. The van der Waals surface area contributed by atoms with Crippen molar-refractivity contribution in [3.63, 3.8) is 0 Å². The minimum absolute atomic E-state index is 0.168. The molecule has 1 N–H and O–H groups in total. The summed E-state index contributed by atoms with van der Waals surface area (Å²) in [4.78, 5) is 26.6. The molecule has 118 valence electrons. The maximum absolute atomic E-state index is 13.0. The molecule has 1 amide bonds. The topological polar surface area (TPSA) is 74.8 Å². The number of carbonyl (C=O) groups excluding carboxylic acids is 1. The number of anilines is 1. The molecule has 0 atom stereocenters. The molecular formula is C14H10F3N5O. The van der Waals surface area contributed by atoms with E-state index in [2.05, 4.69) is 19.9 Å². The molecule has 0 radical (unpaired) electrons. The smallest absolute Gasteiger partial charge is 0.340 e. The van der Waals surface area contributed by atoms with Gasteiger partial charge >= 0.3 is 12.1 Å². The zero-order valence-electron chi connectivity index (χ0n) is 11.6. The van der Waals surface area contributed by atoms with Crippen LogP contribution in [0.3, 0.4) is 0 Å². The van der Waals surface area contributed by atoms with Gasteiger partial charge in [0.05, 0.1) is 12.9 Å². The predicted octanol–water partition coefficient (Wildman–Crippen LogP) is 2.45. The van der Waals surface area contributed by atoms with E-state index in [4.69, 9.17) is 0 Å². The minimum atomic E-state index is -5.02. The van der Waals surface area contributed by atoms with Gasteiger partial charge in [-0.1, -0.05) is 30.3 Å². The van der Waals surface area contributed by atoms with Crippen molar-refractivity contribution >= 4 is 22.9 Å². The molecule has 23 heavy (non-hydrogen) atoms. The van der Waals surface area contributed by atoms with Crippen molar-refractivity contribution in [1.29, 1.82) is 0 Å². The van der Waals surface area contributed by atoms with Gasteiger partial charge in [0.15, 0.2) is 11.5 Å². The number of nitrogens with zero attached hydrogens (tertiary/aromatic N) is 4. The van der Waals surface area contributed by atoms with Crippen molar-refractivity contribution in [3.8, 4) is 0 Å². The molecule has 2 heterocycles. The molecule has 3 rings (SSSR count). The standard InChI is InChI=1S/C14H10F3N5O/c15-14(16,17)13(23)22(6-9-4-2-1-3-5-9)12-10-11(19-7-18-10)20-8-21-12/h1-5,7-8H,6H2,(H,18,19,20,21). The number of halogens is 3. The highest BCUT2D eigenvalue weighted by Gasteiger charge is 2.44. The summed E-state index contributed by atoms with van der Waals surface area (Å²) in [6.45, 7) is -0.273. The Morgan fingerprint density at radius 2 is 1.87 bits per heavy atom. The summed E-state index contributed by atoms with van der Waals surface area (Å²) in [5.41, 5.74) is 0.889. The van der Waals surface area contributed by atoms with E-state index in [0.29, 0.717) is 10.5 Å². The van der Waals surface area contributed by atoms with E-state index in [1.54, 1.807) is 30.3 Å². The maximum Gasteiger partial charge on any atom is 0.471 e. The largest absolute Gasteiger partial charge is 0.471 e. The van der Waals surface area contributed by atoms with Gasteiger partial charge in [0.2, 0.25) is 0 Å². The summed E-state index contributed by atoms with van der Waals surface area (Å²) >= 11 is 0. The number of aromatic nitrogens is 4. The Bertz CT molecular complexity index is 831. The van der Waals surface area contributed by atoms with Crippen molar-refractivity contribution in [2.24, 2.45) is 0 Å². The van der Waals surface area contributed by atoms with Crippen LogP contribution in [-0.2, 0) is 11.3 Å². The summed E-state index contributed by atoms with van der Waals surface area (Å²) in [6.07, 6.45) is -2.67. The Labute approximate surface area is 128 Å². The van der Waals surface area contributed by atoms with Gasteiger partial charge in [-0.25, -0.2) is 15.0 Å². The van der Waals surface area contributed by atoms with Gasteiger partial charge in [-0.15, -0.1) is 0 Å². The van der Waals surface area contributed by atoms with Gasteiger partial charge in [-0.05, 0) is 5.56 Å². The first-order valence-electron chi connectivity index (χ1n) is 6.53. The maximum atomic E-state index is 13.0. The first-order valence-corrected chi connectivity index (χ1v) is 6.53. The van der Waals surface area contributed by atoms with E-state index in [-0.39, 0.29) is 23.5 Å². The highest BCUT2D eigenvalue weighted by molar-refractivity contribution is 6.01. The van der Waals surface area contributed by atoms with Gasteiger partial charge in [0, 0.05) is 0 Å². The molecule has 6 nitrogen and oxygen atoms in total. The van der Waals surface area contributed by atoms with Crippen LogP contribution in [0.5, 0.6) is 0 Å². The lowest BCUT2D eigenvalue weighted by Crippen LogP contribution is -2.41. The van der Waals surface area contributed by atoms with Crippen LogP contribution >= 0.6 is 0 Å². The van der Waals surface area contributed by atoms with Gasteiger partial charge in [0.25, 0.3) is 0 Å². The van der Waals surface area contributed by atoms with Crippen LogP contribution in [0.4, 0.5) is 19.0 Å². The van der Waals surface area contributed by atoms with Crippen molar-refractivity contribution in [3.05, 3.63) is 48.5 Å². The molecule has 0 fully saturated rings. The zero-order chi connectivity index (χ0) is 16.4. The molecule has 9 heteroatoms. The number of rotatable bonds is 3. The number of aromatic amines is 1. The number of nitrogens with one attached hydrogen (secondary N) is 1. The van der Waals surface area contributed by atoms with Crippen molar-refractivity contribution in [2.45, 2.75) is 12.7 Å². The molecule has 0 aliphatic heterocycles. The molecule has 0 bridgehead atoms. The number of benzene rings is 1. The fourth-order valence-electron chi connectivity index (χ4n) is 2.12. The third-order valence-corrected chi connectivity index (χ3v) is 3.13. The fraction of sp³-hybridized carbons (Fsp3) is 0.143. The monoisotopic (exact) mass is 321 g/mol. The third kappa shape index (κ3) is 2.98. The predicted molar refractivity (Wildman–Crippen MR) is 75.4 cm³/mol. The van der Waals surface area contributed by atoms with E-state index in [1.165, 1.54) is 6.33 Å². The molecule has 0 saturated heterocycles. The van der Waals surface area contributed by atoms with Crippen LogP contribution in [0, 0.1) is 0 Å². The lowest BCUT2D eigenvalue weighted by atomic mass is 10.2. The Hall–Kier alpha value is -2.97. The van der Waals surface area contributed by atoms with Crippen molar-refractivity contribution in [1.82, 2.24) is 19.9 Å². The number of hydrogen-bond donors (Lipinski definition) is 1. The molecule has 0 spiro atoms. The van der Waals surface area contributed by atoms with Crippen molar-refractivity contribution < 1.29 is 18.0 Å². The highest BCUT2D eigenvalue weighted by atomic mass is 19.4. The fourth-order valence-corrected chi connectivity index (χ4v) is 2.12. The summed E-state index contributed by atoms with van der Waals surface area (Å²) in [6, 6.07) is 8.34. The Balaban J connectivity index is 2.08. The van der Waals surface area contributed by atoms with Crippen LogP contribution in [0.15, 0.2) is 43.0 Å². The molecule has 0 aliphatic rings. The number of H-pyrrole nitrogens is 1. The van der Waals surface area contributed by atoms with Crippen LogP contribution in [-0.4, -0.2) is 32.0 Å². The van der Waals surface area contributed by atoms with Gasteiger partial charge in [-0.3, -0.25) is 9.69 Å². The summed E-state index contributed by atoms with van der Waals surface area (Å²) in [7, 11) is 0. The summed E-state index contributed by atoms with van der Waals surface area (Å²) < 4.78 is 38.9. The third-order valence-electron chi connectivity index (χ3n) is 3.13. The number of imidazole rings is 1. The van der Waals surface area contributed by atoms with Crippen molar-refractivity contribution in [2.75, 3.05) is 4.90 Å². The summed E-state index contributed by atoms with van der Waals surface area (Å²) in [5, 5.41) is 0. The van der Waals surface area contributed by atoms with E-state index >= 15 is 0 Å². The van der Waals surface area contributed by atoms with E-state index in [1.807, 2.05) is 0 Å². The molecule has 2 aromatic heterocycles. The Kier molecular flexibility index (Phi) is 3.68. The summed E-state index contributed by atoms with van der Waals surface area (Å²) in [5.74, 6) is -2.17. The average Bonchev–Trinajstić information content (AvgIpc) is 3.01. The molecular weight excluding hydrogens is 311 g/mol. The number of amides is 1.